The average molecular weight is 434 g/mol. The number of rotatable bonds is 3. The Hall–Kier alpha value is -2.16. The van der Waals surface area contributed by atoms with Crippen molar-refractivity contribution < 1.29 is 13.2 Å². The number of carbonyl (C=O) groups excluding carboxylic acids is 1. The molecule has 1 aliphatic rings. The predicted octanol–water partition coefficient (Wildman–Crippen LogP) is 3.04. The minimum Gasteiger partial charge on any atom is -0.350 e. The van der Waals surface area contributed by atoms with E-state index in [2.05, 4.69) is 25.6 Å². The van der Waals surface area contributed by atoms with E-state index in [9.17, 15) is 13.2 Å². The number of hydrogen-bond donors (Lipinski definition) is 2. The molecule has 0 unspecified atom stereocenters. The number of anilines is 1. The van der Waals surface area contributed by atoms with E-state index in [-0.39, 0.29) is 10.8 Å². The van der Waals surface area contributed by atoms with Crippen molar-refractivity contribution in [2.45, 2.75) is 11.3 Å². The van der Waals surface area contributed by atoms with E-state index in [0.717, 1.165) is 26.6 Å². The Balaban J connectivity index is 1.69. The second kappa shape index (κ2) is 6.22. The van der Waals surface area contributed by atoms with Crippen LogP contribution in [0.5, 0.6) is 0 Å². The number of aromatic nitrogens is 1. The van der Waals surface area contributed by atoms with Crippen molar-refractivity contribution in [3.05, 3.63) is 58.2 Å². The summed E-state index contributed by atoms with van der Waals surface area (Å²) >= 11 is 3.43. The van der Waals surface area contributed by atoms with E-state index in [4.69, 9.17) is 0 Å². The fourth-order valence-electron chi connectivity index (χ4n) is 3.23. The first-order valence-electron chi connectivity index (χ1n) is 8.06. The zero-order valence-electron chi connectivity index (χ0n) is 13.9. The van der Waals surface area contributed by atoms with Crippen LogP contribution in [0.2, 0.25) is 0 Å². The van der Waals surface area contributed by atoms with E-state index in [0.29, 0.717) is 18.7 Å². The van der Waals surface area contributed by atoms with E-state index >= 15 is 0 Å². The van der Waals surface area contributed by atoms with Gasteiger partial charge >= 0.3 is 0 Å². The molecule has 3 aromatic rings. The second-order valence-electron chi connectivity index (χ2n) is 6.12. The molecule has 0 atom stereocenters. The van der Waals surface area contributed by atoms with Gasteiger partial charge < -0.3 is 9.88 Å². The van der Waals surface area contributed by atoms with Crippen molar-refractivity contribution >= 4 is 48.5 Å². The van der Waals surface area contributed by atoms with E-state index in [1.165, 1.54) is 13.1 Å². The minimum atomic E-state index is -3.50. The molecule has 0 radical (unpaired) electrons. The second-order valence-corrected chi connectivity index (χ2v) is 8.92. The van der Waals surface area contributed by atoms with Crippen molar-refractivity contribution in [2.24, 2.45) is 0 Å². The van der Waals surface area contributed by atoms with Crippen LogP contribution in [0.25, 0.3) is 10.9 Å². The number of H-pyrrole nitrogens is 1. The Morgan fingerprint density at radius 2 is 2.00 bits per heavy atom. The molecular formula is C18H16BrN3O3S. The summed E-state index contributed by atoms with van der Waals surface area (Å²) in [5, 5.41) is 0.964. The zero-order chi connectivity index (χ0) is 18.5. The molecule has 0 fully saturated rings. The quantitative estimate of drug-likeness (QED) is 0.665. The lowest BCUT2D eigenvalue weighted by atomic mass is 10.2. The number of sulfonamides is 1. The third-order valence-corrected chi connectivity index (χ3v) is 6.49. The lowest BCUT2D eigenvalue weighted by Gasteiger charge is -2.16. The molecule has 26 heavy (non-hydrogen) atoms. The monoisotopic (exact) mass is 433 g/mol. The zero-order valence-corrected chi connectivity index (χ0v) is 16.3. The lowest BCUT2D eigenvalue weighted by molar-refractivity contribution is 0.0985. The molecule has 0 saturated heterocycles. The fourth-order valence-corrected chi connectivity index (χ4v) is 4.38. The van der Waals surface area contributed by atoms with Crippen molar-refractivity contribution in [2.75, 3.05) is 18.5 Å². The molecule has 1 aromatic heterocycles. The van der Waals surface area contributed by atoms with Crippen molar-refractivity contribution in [3.8, 4) is 0 Å². The van der Waals surface area contributed by atoms with Gasteiger partial charge in [0.1, 0.15) is 5.69 Å². The number of halogens is 1. The number of amides is 1. The van der Waals surface area contributed by atoms with Crippen LogP contribution in [-0.2, 0) is 16.4 Å². The number of nitrogens with zero attached hydrogens (tertiary/aromatic N) is 1. The van der Waals surface area contributed by atoms with Crippen LogP contribution in [0.1, 0.15) is 16.1 Å². The van der Waals surface area contributed by atoms with Gasteiger partial charge in [-0.15, -0.1) is 0 Å². The molecule has 134 valence electrons. The number of aromatic amines is 1. The van der Waals surface area contributed by atoms with Crippen molar-refractivity contribution in [1.82, 2.24) is 9.71 Å². The molecule has 4 rings (SSSR count). The molecule has 1 amide bonds. The van der Waals surface area contributed by atoms with Gasteiger partial charge in [-0.2, -0.15) is 0 Å². The number of nitrogens with one attached hydrogen (secondary N) is 2. The standard InChI is InChI=1S/C18H16BrN3O3S/c1-20-26(24,25)14-4-5-17-12(8-14)6-7-22(17)18(23)16-9-11-2-3-13(19)10-15(11)21-16/h2-5,8-10,20-21H,6-7H2,1H3. The molecule has 0 saturated carbocycles. The lowest BCUT2D eigenvalue weighted by Crippen LogP contribution is -2.29. The molecule has 2 aromatic carbocycles. The van der Waals surface area contributed by atoms with E-state index in [1.807, 2.05) is 24.3 Å². The summed E-state index contributed by atoms with van der Waals surface area (Å²) < 4.78 is 27.2. The number of carbonyl (C=O) groups is 1. The number of fused-ring (bicyclic) bond motifs is 2. The van der Waals surface area contributed by atoms with Crippen LogP contribution in [-0.4, -0.2) is 32.9 Å². The van der Waals surface area contributed by atoms with Gasteiger partial charge in [0.05, 0.1) is 4.90 Å². The molecule has 1 aliphatic heterocycles. The Labute approximate surface area is 159 Å². The number of hydrogen-bond acceptors (Lipinski definition) is 3. The topological polar surface area (TPSA) is 82.3 Å². The fraction of sp³-hybridized carbons (Fsp3) is 0.167. The first kappa shape index (κ1) is 17.3. The minimum absolute atomic E-state index is 0.125. The van der Waals surface area contributed by atoms with Gasteiger partial charge in [0.2, 0.25) is 10.0 Å². The summed E-state index contributed by atoms with van der Waals surface area (Å²) in [5.74, 6) is -0.125. The highest BCUT2D eigenvalue weighted by atomic mass is 79.9. The smallest absolute Gasteiger partial charge is 0.274 e. The highest BCUT2D eigenvalue weighted by Gasteiger charge is 2.28. The Morgan fingerprint density at radius 1 is 1.19 bits per heavy atom. The van der Waals surface area contributed by atoms with Crippen molar-refractivity contribution in [1.29, 1.82) is 0 Å². The summed E-state index contributed by atoms with van der Waals surface area (Å²) in [6.45, 7) is 0.524. The molecule has 2 N–H and O–H groups in total. The summed E-state index contributed by atoms with van der Waals surface area (Å²) in [5.41, 5.74) is 3.01. The van der Waals surface area contributed by atoms with Crippen LogP contribution in [0, 0.1) is 0 Å². The number of benzene rings is 2. The molecule has 2 heterocycles. The SMILES string of the molecule is CNS(=O)(=O)c1ccc2c(c1)CCN2C(=O)c1cc2ccc(Br)cc2[nH]1. The van der Waals surface area contributed by atoms with Gasteiger partial charge in [-0.1, -0.05) is 22.0 Å². The third kappa shape index (κ3) is 2.84. The molecule has 0 spiro atoms. The van der Waals surface area contributed by atoms with Crippen LogP contribution in [0.4, 0.5) is 5.69 Å². The molecule has 0 aliphatic carbocycles. The first-order chi connectivity index (χ1) is 12.4. The molecule has 6 nitrogen and oxygen atoms in total. The van der Waals surface area contributed by atoms with Gasteiger partial charge in [-0.05, 0) is 55.4 Å². The van der Waals surface area contributed by atoms with Crippen LogP contribution in [0.3, 0.4) is 0 Å². The van der Waals surface area contributed by atoms with E-state index in [1.54, 1.807) is 17.0 Å². The molecule has 8 heteroatoms. The average Bonchev–Trinajstić information content (AvgIpc) is 3.24. The summed E-state index contributed by atoms with van der Waals surface area (Å²) in [6.07, 6.45) is 0.625. The summed E-state index contributed by atoms with van der Waals surface area (Å²) in [7, 11) is -2.11. The Kier molecular flexibility index (Phi) is 4.13. The molecular weight excluding hydrogens is 418 g/mol. The third-order valence-electron chi connectivity index (χ3n) is 4.59. The largest absolute Gasteiger partial charge is 0.350 e. The van der Waals surface area contributed by atoms with Gasteiger partial charge in [0, 0.05) is 27.6 Å². The van der Waals surface area contributed by atoms with Crippen molar-refractivity contribution in [3.63, 3.8) is 0 Å². The maximum atomic E-state index is 13.0. The highest BCUT2D eigenvalue weighted by molar-refractivity contribution is 9.10. The molecule has 0 bridgehead atoms. The van der Waals surface area contributed by atoms with Gasteiger partial charge in [0.25, 0.3) is 5.91 Å². The maximum Gasteiger partial charge on any atom is 0.274 e. The summed E-state index contributed by atoms with van der Waals surface area (Å²) in [4.78, 5) is 18.0. The van der Waals surface area contributed by atoms with Gasteiger partial charge in [0.15, 0.2) is 0 Å². The van der Waals surface area contributed by atoms with E-state index < -0.39 is 10.0 Å². The van der Waals surface area contributed by atoms with Gasteiger partial charge in [-0.25, -0.2) is 13.1 Å². The predicted molar refractivity (Wildman–Crippen MR) is 104 cm³/mol. The van der Waals surface area contributed by atoms with Crippen LogP contribution < -0.4 is 9.62 Å². The normalized spacial score (nSPS) is 14.0. The van der Waals surface area contributed by atoms with Gasteiger partial charge in [-0.3, -0.25) is 4.79 Å². The van der Waals surface area contributed by atoms with Crippen LogP contribution >= 0.6 is 15.9 Å². The Bertz CT molecular complexity index is 1140. The van der Waals surface area contributed by atoms with Crippen LogP contribution in [0.15, 0.2) is 51.8 Å². The summed E-state index contributed by atoms with van der Waals surface area (Å²) in [6, 6.07) is 12.5. The Morgan fingerprint density at radius 3 is 2.77 bits per heavy atom. The maximum absolute atomic E-state index is 13.0. The first-order valence-corrected chi connectivity index (χ1v) is 10.3. The highest BCUT2D eigenvalue weighted by Crippen LogP contribution is 2.32.